The standard InChI is InChI=1S/C20H29N3O2/c1-19(2,3)22-13-18(24)14-25-23-17-9-11-20(15-21,12-10-17)16-7-5-4-6-8-16/h4-8,18,22,24H,9-14H2,1-3H3/t18-,20?/m0/s1. The number of aliphatic hydroxyl groups excluding tert-OH is 1. The van der Waals surface area contributed by atoms with Crippen molar-refractivity contribution in [3.63, 3.8) is 0 Å². The van der Waals surface area contributed by atoms with E-state index in [1.165, 1.54) is 0 Å². The lowest BCUT2D eigenvalue weighted by molar-refractivity contribution is 0.0364. The fourth-order valence-electron chi connectivity index (χ4n) is 2.98. The quantitative estimate of drug-likeness (QED) is 0.778. The number of β-amino-alcohol motifs (C(OH)–C–C–N with tert-alkyl or cyclic N) is 1. The van der Waals surface area contributed by atoms with Gasteiger partial charge in [-0.2, -0.15) is 5.26 Å². The van der Waals surface area contributed by atoms with Crippen molar-refractivity contribution in [2.75, 3.05) is 13.2 Å². The van der Waals surface area contributed by atoms with E-state index in [0.717, 1.165) is 37.0 Å². The maximum Gasteiger partial charge on any atom is 0.144 e. The highest BCUT2D eigenvalue weighted by Gasteiger charge is 2.36. The van der Waals surface area contributed by atoms with Gasteiger partial charge in [0.1, 0.15) is 12.7 Å². The predicted molar refractivity (Wildman–Crippen MR) is 99.4 cm³/mol. The SMILES string of the molecule is CC(C)(C)NC[C@H](O)CON=C1CCC(C#N)(c2ccccc2)CC1. The number of benzene rings is 1. The fourth-order valence-corrected chi connectivity index (χ4v) is 2.98. The van der Waals surface area contributed by atoms with Crippen molar-refractivity contribution in [3.05, 3.63) is 35.9 Å². The summed E-state index contributed by atoms with van der Waals surface area (Å²) in [4.78, 5) is 5.32. The second-order valence-corrected chi connectivity index (χ2v) is 7.80. The second kappa shape index (κ2) is 8.46. The number of aliphatic hydroxyl groups is 1. The molecule has 5 nitrogen and oxygen atoms in total. The Balaban J connectivity index is 1.81. The van der Waals surface area contributed by atoms with Crippen LogP contribution >= 0.6 is 0 Å². The highest BCUT2D eigenvalue weighted by atomic mass is 16.6. The molecule has 2 rings (SSSR count). The van der Waals surface area contributed by atoms with Gasteiger partial charge in [0, 0.05) is 12.1 Å². The van der Waals surface area contributed by atoms with Gasteiger partial charge in [0.2, 0.25) is 0 Å². The van der Waals surface area contributed by atoms with E-state index in [9.17, 15) is 10.4 Å². The van der Waals surface area contributed by atoms with Crippen LogP contribution < -0.4 is 5.32 Å². The van der Waals surface area contributed by atoms with E-state index in [2.05, 4.69) is 37.3 Å². The van der Waals surface area contributed by atoms with Crippen LogP contribution in [0.2, 0.25) is 0 Å². The van der Waals surface area contributed by atoms with Crippen molar-refractivity contribution in [2.24, 2.45) is 5.16 Å². The first-order valence-electron chi connectivity index (χ1n) is 8.92. The molecule has 25 heavy (non-hydrogen) atoms. The molecule has 0 saturated heterocycles. The molecule has 5 heteroatoms. The lowest BCUT2D eigenvalue weighted by atomic mass is 9.70. The summed E-state index contributed by atoms with van der Waals surface area (Å²) in [5.41, 5.74) is 1.60. The molecule has 1 aromatic carbocycles. The summed E-state index contributed by atoms with van der Waals surface area (Å²) in [5.74, 6) is 0. The number of nitrogens with zero attached hydrogens (tertiary/aromatic N) is 2. The van der Waals surface area contributed by atoms with Crippen LogP contribution in [-0.4, -0.2) is 35.6 Å². The van der Waals surface area contributed by atoms with Gasteiger partial charge in [-0.05, 0) is 52.0 Å². The lowest BCUT2D eigenvalue weighted by Gasteiger charge is -2.31. The Hall–Kier alpha value is -1.90. The van der Waals surface area contributed by atoms with Gasteiger partial charge in [0.25, 0.3) is 0 Å². The zero-order valence-corrected chi connectivity index (χ0v) is 15.5. The maximum absolute atomic E-state index is 9.91. The van der Waals surface area contributed by atoms with Gasteiger partial charge >= 0.3 is 0 Å². The number of nitriles is 1. The van der Waals surface area contributed by atoms with Gasteiger partial charge in [0.15, 0.2) is 0 Å². The molecule has 0 heterocycles. The zero-order valence-electron chi connectivity index (χ0n) is 15.5. The first-order valence-corrected chi connectivity index (χ1v) is 8.92. The highest BCUT2D eigenvalue weighted by Crippen LogP contribution is 2.37. The van der Waals surface area contributed by atoms with Crippen LogP contribution in [0.25, 0.3) is 0 Å². The van der Waals surface area contributed by atoms with Crippen LogP contribution in [0.15, 0.2) is 35.5 Å². The Morgan fingerprint density at radius 1 is 1.28 bits per heavy atom. The number of hydrogen-bond acceptors (Lipinski definition) is 5. The van der Waals surface area contributed by atoms with Crippen molar-refractivity contribution in [2.45, 2.75) is 63.5 Å². The lowest BCUT2D eigenvalue weighted by Crippen LogP contribution is -2.42. The minimum absolute atomic E-state index is 0.0334. The molecule has 1 fully saturated rings. The summed E-state index contributed by atoms with van der Waals surface area (Å²) in [5, 5.41) is 27.0. The van der Waals surface area contributed by atoms with Crippen LogP contribution in [-0.2, 0) is 10.3 Å². The molecule has 1 aliphatic rings. The summed E-state index contributed by atoms with van der Waals surface area (Å²) in [6.07, 6.45) is 2.42. The van der Waals surface area contributed by atoms with Crippen LogP contribution in [0.3, 0.4) is 0 Å². The Morgan fingerprint density at radius 3 is 2.48 bits per heavy atom. The molecule has 0 bridgehead atoms. The van der Waals surface area contributed by atoms with Gasteiger partial charge in [-0.25, -0.2) is 0 Å². The first-order chi connectivity index (χ1) is 11.8. The second-order valence-electron chi connectivity index (χ2n) is 7.80. The van der Waals surface area contributed by atoms with Crippen molar-refractivity contribution in [3.8, 4) is 6.07 Å². The Kier molecular flexibility index (Phi) is 6.57. The third kappa shape index (κ3) is 5.84. The normalized spacial score (nSPS) is 22.1. The van der Waals surface area contributed by atoms with Gasteiger partial charge in [0.05, 0.1) is 17.2 Å². The van der Waals surface area contributed by atoms with Gasteiger partial charge in [-0.1, -0.05) is 35.5 Å². The first kappa shape index (κ1) is 19.4. The molecule has 1 saturated carbocycles. The molecule has 136 valence electrons. The van der Waals surface area contributed by atoms with Gasteiger partial charge in [-0.3, -0.25) is 0 Å². The predicted octanol–water partition coefficient (Wildman–Crippen LogP) is 3.14. The number of nitrogens with one attached hydrogen (secondary N) is 1. The van der Waals surface area contributed by atoms with Crippen LogP contribution in [0.5, 0.6) is 0 Å². The minimum Gasteiger partial charge on any atom is -0.393 e. The van der Waals surface area contributed by atoms with Crippen molar-refractivity contribution in [1.29, 1.82) is 5.26 Å². The molecule has 1 atom stereocenters. The average molecular weight is 343 g/mol. The Labute approximate surface area is 150 Å². The average Bonchev–Trinajstić information content (AvgIpc) is 2.61. The molecule has 0 aliphatic heterocycles. The summed E-state index contributed by atoms with van der Waals surface area (Å²) in [6.45, 7) is 6.81. The molecule has 1 aliphatic carbocycles. The van der Waals surface area contributed by atoms with E-state index >= 15 is 0 Å². The van der Waals surface area contributed by atoms with Crippen molar-refractivity contribution < 1.29 is 9.94 Å². The number of rotatable bonds is 6. The van der Waals surface area contributed by atoms with E-state index in [0.29, 0.717) is 6.54 Å². The summed E-state index contributed by atoms with van der Waals surface area (Å²) >= 11 is 0. The van der Waals surface area contributed by atoms with Crippen molar-refractivity contribution >= 4 is 5.71 Å². The van der Waals surface area contributed by atoms with E-state index in [1.54, 1.807) is 0 Å². The van der Waals surface area contributed by atoms with Gasteiger partial charge in [-0.15, -0.1) is 0 Å². The molecule has 0 aromatic heterocycles. The third-order valence-electron chi connectivity index (χ3n) is 4.55. The van der Waals surface area contributed by atoms with Crippen LogP contribution in [0.4, 0.5) is 0 Å². The minimum atomic E-state index is -0.588. The van der Waals surface area contributed by atoms with Crippen LogP contribution in [0, 0.1) is 11.3 Å². The summed E-state index contributed by atoms with van der Waals surface area (Å²) in [7, 11) is 0. The Bertz CT molecular complexity index is 604. The third-order valence-corrected chi connectivity index (χ3v) is 4.55. The molecule has 0 radical (unpaired) electrons. The van der Waals surface area contributed by atoms with Crippen molar-refractivity contribution in [1.82, 2.24) is 5.32 Å². The maximum atomic E-state index is 9.91. The summed E-state index contributed by atoms with van der Waals surface area (Å²) in [6, 6.07) is 12.5. The van der Waals surface area contributed by atoms with Gasteiger partial charge < -0.3 is 15.3 Å². The molecule has 0 unspecified atom stereocenters. The Morgan fingerprint density at radius 2 is 1.92 bits per heavy atom. The highest BCUT2D eigenvalue weighted by molar-refractivity contribution is 5.85. The van der Waals surface area contributed by atoms with E-state index < -0.39 is 11.5 Å². The largest absolute Gasteiger partial charge is 0.393 e. The molecule has 1 aromatic rings. The van der Waals surface area contributed by atoms with E-state index in [1.807, 2.05) is 30.3 Å². The smallest absolute Gasteiger partial charge is 0.144 e. The molecular weight excluding hydrogens is 314 g/mol. The van der Waals surface area contributed by atoms with Crippen LogP contribution in [0.1, 0.15) is 52.0 Å². The molecular formula is C20H29N3O2. The monoisotopic (exact) mass is 343 g/mol. The molecule has 0 amide bonds. The zero-order chi connectivity index (χ0) is 18.3. The topological polar surface area (TPSA) is 77.6 Å². The van der Waals surface area contributed by atoms with E-state index in [4.69, 9.17) is 4.84 Å². The molecule has 2 N–H and O–H groups in total. The van der Waals surface area contributed by atoms with E-state index in [-0.39, 0.29) is 12.1 Å². The molecule has 0 spiro atoms. The number of oxime groups is 1. The number of hydrogen-bond donors (Lipinski definition) is 2. The fraction of sp³-hybridized carbons (Fsp3) is 0.600. The summed E-state index contributed by atoms with van der Waals surface area (Å²) < 4.78 is 0.